The maximum atomic E-state index is 9.05. The van der Waals surface area contributed by atoms with E-state index in [1.54, 1.807) is 0 Å². The van der Waals surface area contributed by atoms with E-state index in [1.807, 2.05) is 0 Å². The highest BCUT2D eigenvalue weighted by Gasteiger charge is 2.06. The first-order valence-electron chi connectivity index (χ1n) is 3.62. The van der Waals surface area contributed by atoms with Gasteiger partial charge in [-0.05, 0) is 0 Å². The summed E-state index contributed by atoms with van der Waals surface area (Å²) < 4.78 is 0. The van der Waals surface area contributed by atoms with Crippen molar-refractivity contribution in [3.8, 4) is 0 Å². The molecule has 0 amide bonds. The molecule has 1 aromatic heterocycles. The van der Waals surface area contributed by atoms with Gasteiger partial charge in [-0.3, -0.25) is 0 Å². The average molecular weight is 221 g/mol. The second-order valence-electron chi connectivity index (χ2n) is 2.30. The molecule has 0 spiro atoms. The van der Waals surface area contributed by atoms with E-state index >= 15 is 0 Å². The lowest BCUT2D eigenvalue weighted by Gasteiger charge is -2.05. The molecule has 72 valence electrons. The van der Waals surface area contributed by atoms with Gasteiger partial charge in [0.1, 0.15) is 5.03 Å². The van der Waals surface area contributed by atoms with Gasteiger partial charge in [-0.25, -0.2) is 9.97 Å². The zero-order valence-corrected chi connectivity index (χ0v) is 8.29. The highest BCUT2D eigenvalue weighted by molar-refractivity contribution is 7.99. The molecule has 0 saturated carbocycles. The molecule has 1 rings (SSSR count). The summed E-state index contributed by atoms with van der Waals surface area (Å²) in [6.45, 7) is -0.259. The van der Waals surface area contributed by atoms with Crippen LogP contribution in [0.15, 0.2) is 17.4 Å². The van der Waals surface area contributed by atoms with Gasteiger partial charge in [0.2, 0.25) is 0 Å². The standard InChI is InChI=1S/C7H9ClN2O2S/c8-6-7(10-2-1-9-6)13-4-5(12)3-11/h1-2,5,11-12H,3-4H2. The predicted molar refractivity (Wildman–Crippen MR) is 50.9 cm³/mol. The van der Waals surface area contributed by atoms with Gasteiger partial charge in [0.25, 0.3) is 0 Å². The van der Waals surface area contributed by atoms with Crippen LogP contribution >= 0.6 is 23.4 Å². The van der Waals surface area contributed by atoms with Crippen molar-refractivity contribution in [3.05, 3.63) is 17.5 Å². The van der Waals surface area contributed by atoms with E-state index in [-0.39, 0.29) is 6.61 Å². The Labute approximate surface area is 85.0 Å². The fourth-order valence-corrected chi connectivity index (χ4v) is 1.66. The van der Waals surface area contributed by atoms with Crippen LogP contribution in [0.2, 0.25) is 5.15 Å². The Balaban J connectivity index is 2.50. The molecule has 1 aromatic rings. The second kappa shape index (κ2) is 5.39. The van der Waals surface area contributed by atoms with E-state index in [0.717, 1.165) is 0 Å². The van der Waals surface area contributed by atoms with Gasteiger partial charge in [0.05, 0.1) is 12.7 Å². The van der Waals surface area contributed by atoms with Crippen LogP contribution in [0.1, 0.15) is 0 Å². The Morgan fingerprint density at radius 3 is 2.77 bits per heavy atom. The van der Waals surface area contributed by atoms with Crippen LogP contribution in [-0.2, 0) is 0 Å². The Morgan fingerprint density at radius 2 is 2.15 bits per heavy atom. The highest BCUT2D eigenvalue weighted by atomic mass is 35.5. The van der Waals surface area contributed by atoms with Crippen LogP contribution in [0, 0.1) is 0 Å². The molecule has 0 fully saturated rings. The van der Waals surface area contributed by atoms with Crippen LogP contribution in [-0.4, -0.2) is 38.6 Å². The normalized spacial score (nSPS) is 12.8. The summed E-state index contributed by atoms with van der Waals surface area (Å²) in [5, 5.41) is 18.5. The van der Waals surface area contributed by atoms with E-state index in [4.69, 9.17) is 21.8 Å². The summed E-state index contributed by atoms with van der Waals surface area (Å²) in [6, 6.07) is 0. The van der Waals surface area contributed by atoms with Crippen molar-refractivity contribution in [1.82, 2.24) is 9.97 Å². The fraction of sp³-hybridized carbons (Fsp3) is 0.429. The number of aliphatic hydroxyl groups is 2. The molecule has 0 radical (unpaired) electrons. The second-order valence-corrected chi connectivity index (χ2v) is 3.67. The molecule has 0 aliphatic rings. The molecule has 0 aliphatic carbocycles. The van der Waals surface area contributed by atoms with Gasteiger partial charge in [-0.1, -0.05) is 11.6 Å². The highest BCUT2D eigenvalue weighted by Crippen LogP contribution is 2.22. The average Bonchev–Trinajstić information content (AvgIpc) is 2.16. The van der Waals surface area contributed by atoms with Crippen LogP contribution in [0.5, 0.6) is 0 Å². The van der Waals surface area contributed by atoms with Gasteiger partial charge in [0, 0.05) is 18.1 Å². The van der Waals surface area contributed by atoms with Gasteiger partial charge >= 0.3 is 0 Å². The molecule has 1 unspecified atom stereocenters. The first-order chi connectivity index (χ1) is 6.24. The number of thioether (sulfide) groups is 1. The molecular weight excluding hydrogens is 212 g/mol. The lowest BCUT2D eigenvalue weighted by atomic mass is 10.4. The van der Waals surface area contributed by atoms with E-state index in [2.05, 4.69) is 9.97 Å². The number of hydrogen-bond acceptors (Lipinski definition) is 5. The topological polar surface area (TPSA) is 66.2 Å². The molecule has 0 aromatic carbocycles. The molecule has 6 heteroatoms. The summed E-state index contributed by atoms with van der Waals surface area (Å²) >= 11 is 6.98. The third kappa shape index (κ3) is 3.48. The molecule has 1 heterocycles. The first kappa shape index (κ1) is 10.7. The maximum Gasteiger partial charge on any atom is 0.161 e. The van der Waals surface area contributed by atoms with Crippen LogP contribution in [0.4, 0.5) is 0 Å². The van der Waals surface area contributed by atoms with Crippen molar-refractivity contribution < 1.29 is 10.2 Å². The van der Waals surface area contributed by atoms with Crippen LogP contribution in [0.3, 0.4) is 0 Å². The first-order valence-corrected chi connectivity index (χ1v) is 4.98. The Morgan fingerprint density at radius 1 is 1.46 bits per heavy atom. The van der Waals surface area contributed by atoms with Crippen molar-refractivity contribution >= 4 is 23.4 Å². The monoisotopic (exact) mass is 220 g/mol. The summed E-state index contributed by atoms with van der Waals surface area (Å²) in [7, 11) is 0. The van der Waals surface area contributed by atoms with Crippen LogP contribution < -0.4 is 0 Å². The summed E-state index contributed by atoms with van der Waals surface area (Å²) in [6.07, 6.45) is 2.28. The maximum absolute atomic E-state index is 9.05. The molecule has 2 N–H and O–H groups in total. The van der Waals surface area contributed by atoms with Crippen molar-refractivity contribution in [2.24, 2.45) is 0 Å². The minimum absolute atomic E-state index is 0.259. The number of hydrogen-bond donors (Lipinski definition) is 2. The lowest BCUT2D eigenvalue weighted by molar-refractivity contribution is 0.113. The number of aliphatic hydroxyl groups excluding tert-OH is 2. The minimum Gasteiger partial charge on any atom is -0.394 e. The number of halogens is 1. The van der Waals surface area contributed by atoms with Gasteiger partial charge < -0.3 is 10.2 Å². The Hall–Kier alpha value is -0.360. The Kier molecular flexibility index (Phi) is 4.44. The fourth-order valence-electron chi connectivity index (χ4n) is 0.633. The summed E-state index contributed by atoms with van der Waals surface area (Å²) in [5.74, 6) is 0.356. The minimum atomic E-state index is -0.747. The van der Waals surface area contributed by atoms with Gasteiger partial charge in [-0.2, -0.15) is 0 Å². The molecule has 1 atom stereocenters. The van der Waals surface area contributed by atoms with Crippen molar-refractivity contribution in [2.45, 2.75) is 11.1 Å². The number of aromatic nitrogens is 2. The SMILES string of the molecule is OCC(O)CSc1nccnc1Cl. The Bertz CT molecular complexity index is 274. The lowest BCUT2D eigenvalue weighted by Crippen LogP contribution is -2.14. The molecule has 0 saturated heterocycles. The van der Waals surface area contributed by atoms with Gasteiger partial charge in [-0.15, -0.1) is 11.8 Å². The van der Waals surface area contributed by atoms with E-state index in [0.29, 0.717) is 15.9 Å². The molecule has 4 nitrogen and oxygen atoms in total. The van der Waals surface area contributed by atoms with Crippen molar-refractivity contribution in [3.63, 3.8) is 0 Å². The third-order valence-electron chi connectivity index (χ3n) is 1.25. The van der Waals surface area contributed by atoms with Crippen molar-refractivity contribution in [1.29, 1.82) is 0 Å². The summed E-state index contributed by atoms with van der Waals surface area (Å²) in [5.41, 5.74) is 0. The van der Waals surface area contributed by atoms with Gasteiger partial charge in [0.15, 0.2) is 5.15 Å². The number of nitrogens with zero attached hydrogens (tertiary/aromatic N) is 2. The molecular formula is C7H9ClN2O2S. The summed E-state index contributed by atoms with van der Waals surface area (Å²) in [4.78, 5) is 7.78. The van der Waals surface area contributed by atoms with Crippen molar-refractivity contribution in [2.75, 3.05) is 12.4 Å². The zero-order valence-electron chi connectivity index (χ0n) is 6.72. The van der Waals surface area contributed by atoms with E-state index in [9.17, 15) is 0 Å². The quantitative estimate of drug-likeness (QED) is 0.727. The molecule has 13 heavy (non-hydrogen) atoms. The predicted octanol–water partition coefficient (Wildman–Crippen LogP) is 0.575. The van der Waals surface area contributed by atoms with Crippen LogP contribution in [0.25, 0.3) is 0 Å². The smallest absolute Gasteiger partial charge is 0.161 e. The molecule has 0 aliphatic heterocycles. The largest absolute Gasteiger partial charge is 0.394 e. The molecule has 0 bridgehead atoms. The third-order valence-corrected chi connectivity index (χ3v) is 2.76. The van der Waals surface area contributed by atoms with E-state index in [1.165, 1.54) is 24.2 Å². The van der Waals surface area contributed by atoms with E-state index < -0.39 is 6.10 Å². The number of rotatable bonds is 4. The zero-order chi connectivity index (χ0) is 9.68.